The Labute approximate surface area is 97.9 Å². The first kappa shape index (κ1) is 12.8. The average molecular weight is 220 g/mol. The van der Waals surface area contributed by atoms with Crippen molar-refractivity contribution in [3.63, 3.8) is 0 Å². The number of hydrogen-bond acceptors (Lipinski definition) is 2. The summed E-state index contributed by atoms with van der Waals surface area (Å²) in [5.41, 5.74) is 0. The molecule has 0 aliphatic carbocycles. The summed E-state index contributed by atoms with van der Waals surface area (Å²) in [4.78, 5) is 0. The van der Waals surface area contributed by atoms with Gasteiger partial charge in [-0.3, -0.25) is 0 Å². The van der Waals surface area contributed by atoms with Crippen molar-refractivity contribution < 1.29 is 9.47 Å². The minimum Gasteiger partial charge on any atom is -0.490 e. The summed E-state index contributed by atoms with van der Waals surface area (Å²) in [5.74, 6) is 0.902. The van der Waals surface area contributed by atoms with E-state index in [0.29, 0.717) is 13.2 Å². The third-order valence-corrected chi connectivity index (χ3v) is 2.11. The molecule has 0 saturated carbocycles. The van der Waals surface area contributed by atoms with Gasteiger partial charge in [-0.05, 0) is 24.6 Å². The van der Waals surface area contributed by atoms with Gasteiger partial charge >= 0.3 is 0 Å². The molecular weight excluding hydrogens is 200 g/mol. The predicted octanol–water partition coefficient (Wildman–Crippen LogP) is 3.44. The van der Waals surface area contributed by atoms with Crippen molar-refractivity contribution in [2.24, 2.45) is 0 Å². The summed E-state index contributed by atoms with van der Waals surface area (Å²) < 4.78 is 10.9. The Balaban J connectivity index is 2.00. The molecule has 1 aromatic carbocycles. The Kier molecular flexibility index (Phi) is 7.18. The van der Waals surface area contributed by atoms with Crippen molar-refractivity contribution in [2.75, 3.05) is 19.8 Å². The molecule has 0 saturated heterocycles. The average Bonchev–Trinajstić information content (AvgIpc) is 2.34. The van der Waals surface area contributed by atoms with Crippen molar-refractivity contribution >= 4 is 0 Å². The Morgan fingerprint density at radius 2 is 1.81 bits per heavy atom. The van der Waals surface area contributed by atoms with E-state index in [-0.39, 0.29) is 0 Å². The number of para-hydroxylation sites is 1. The Morgan fingerprint density at radius 3 is 2.56 bits per heavy atom. The van der Waals surface area contributed by atoms with Gasteiger partial charge in [-0.25, -0.2) is 0 Å². The SMILES string of the molecule is CCCCOC/C=C\COc1ccccc1. The molecule has 0 radical (unpaired) electrons. The molecule has 0 aromatic heterocycles. The van der Waals surface area contributed by atoms with Crippen LogP contribution in [0.3, 0.4) is 0 Å². The van der Waals surface area contributed by atoms with Gasteiger partial charge in [0.15, 0.2) is 0 Å². The Hall–Kier alpha value is -1.28. The van der Waals surface area contributed by atoms with Gasteiger partial charge in [0, 0.05) is 6.61 Å². The number of benzene rings is 1. The zero-order valence-electron chi connectivity index (χ0n) is 9.89. The molecule has 0 N–H and O–H groups in total. The summed E-state index contributed by atoms with van der Waals surface area (Å²) >= 11 is 0. The normalized spacial score (nSPS) is 10.8. The van der Waals surface area contributed by atoms with E-state index in [4.69, 9.17) is 9.47 Å². The van der Waals surface area contributed by atoms with E-state index in [9.17, 15) is 0 Å². The molecule has 88 valence electrons. The van der Waals surface area contributed by atoms with Crippen LogP contribution in [-0.4, -0.2) is 19.8 Å². The summed E-state index contributed by atoms with van der Waals surface area (Å²) in [7, 11) is 0. The van der Waals surface area contributed by atoms with E-state index >= 15 is 0 Å². The lowest BCUT2D eigenvalue weighted by atomic mass is 10.3. The molecule has 0 amide bonds. The van der Waals surface area contributed by atoms with Gasteiger partial charge in [-0.2, -0.15) is 0 Å². The maximum atomic E-state index is 5.49. The molecule has 2 nitrogen and oxygen atoms in total. The van der Waals surface area contributed by atoms with Gasteiger partial charge in [0.1, 0.15) is 12.4 Å². The Morgan fingerprint density at radius 1 is 1.06 bits per heavy atom. The summed E-state index contributed by atoms with van der Waals surface area (Å²) in [6.45, 7) is 4.28. The van der Waals surface area contributed by atoms with E-state index < -0.39 is 0 Å². The predicted molar refractivity (Wildman–Crippen MR) is 66.8 cm³/mol. The van der Waals surface area contributed by atoms with Gasteiger partial charge in [0.25, 0.3) is 0 Å². The molecule has 1 aromatic rings. The zero-order chi connectivity index (χ0) is 11.5. The van der Waals surface area contributed by atoms with Crippen LogP contribution in [0.15, 0.2) is 42.5 Å². The van der Waals surface area contributed by atoms with Gasteiger partial charge in [0.2, 0.25) is 0 Å². The van der Waals surface area contributed by atoms with E-state index in [1.807, 2.05) is 42.5 Å². The second kappa shape index (κ2) is 8.98. The molecule has 2 heteroatoms. The lowest BCUT2D eigenvalue weighted by Crippen LogP contribution is -1.96. The zero-order valence-corrected chi connectivity index (χ0v) is 9.89. The van der Waals surface area contributed by atoms with Gasteiger partial charge in [-0.1, -0.05) is 37.6 Å². The molecule has 0 atom stereocenters. The molecule has 0 unspecified atom stereocenters. The summed E-state index contributed by atoms with van der Waals surface area (Å²) in [6.07, 6.45) is 6.30. The van der Waals surface area contributed by atoms with Crippen molar-refractivity contribution in [1.29, 1.82) is 0 Å². The molecular formula is C14H20O2. The minimum absolute atomic E-state index is 0.598. The number of unbranched alkanes of at least 4 members (excludes halogenated alkanes) is 1. The van der Waals surface area contributed by atoms with Crippen molar-refractivity contribution in [1.82, 2.24) is 0 Å². The number of rotatable bonds is 8. The highest BCUT2D eigenvalue weighted by Gasteiger charge is 1.87. The molecule has 1 rings (SSSR count). The number of ether oxygens (including phenoxy) is 2. The van der Waals surface area contributed by atoms with Crippen LogP contribution in [0.5, 0.6) is 5.75 Å². The van der Waals surface area contributed by atoms with Crippen LogP contribution >= 0.6 is 0 Å². The van der Waals surface area contributed by atoms with Crippen LogP contribution in [0.2, 0.25) is 0 Å². The second-order valence-electron chi connectivity index (χ2n) is 3.52. The van der Waals surface area contributed by atoms with Gasteiger partial charge in [0.05, 0.1) is 6.61 Å². The first-order valence-corrected chi connectivity index (χ1v) is 5.84. The first-order chi connectivity index (χ1) is 7.93. The van der Waals surface area contributed by atoms with Crippen LogP contribution in [-0.2, 0) is 4.74 Å². The van der Waals surface area contributed by atoms with Crippen molar-refractivity contribution in [3.05, 3.63) is 42.5 Å². The van der Waals surface area contributed by atoms with E-state index in [0.717, 1.165) is 18.8 Å². The minimum atomic E-state index is 0.598. The van der Waals surface area contributed by atoms with Crippen molar-refractivity contribution in [3.8, 4) is 5.75 Å². The van der Waals surface area contributed by atoms with E-state index in [1.165, 1.54) is 6.42 Å². The van der Waals surface area contributed by atoms with Crippen LogP contribution < -0.4 is 4.74 Å². The lowest BCUT2D eigenvalue weighted by Gasteiger charge is -2.01. The standard InChI is InChI=1S/C14H20O2/c1-2-3-11-15-12-7-8-13-16-14-9-5-4-6-10-14/h4-10H,2-3,11-13H2,1H3/b8-7-. The Bertz CT molecular complexity index is 280. The van der Waals surface area contributed by atoms with Crippen LogP contribution in [0.4, 0.5) is 0 Å². The van der Waals surface area contributed by atoms with Crippen LogP contribution in [0.1, 0.15) is 19.8 Å². The van der Waals surface area contributed by atoms with Crippen molar-refractivity contribution in [2.45, 2.75) is 19.8 Å². The second-order valence-corrected chi connectivity index (χ2v) is 3.52. The lowest BCUT2D eigenvalue weighted by molar-refractivity contribution is 0.158. The fourth-order valence-corrected chi connectivity index (χ4v) is 1.19. The fraction of sp³-hybridized carbons (Fsp3) is 0.429. The molecule has 0 aliphatic rings. The molecule has 0 aliphatic heterocycles. The van der Waals surface area contributed by atoms with E-state index in [2.05, 4.69) is 6.92 Å². The molecule has 16 heavy (non-hydrogen) atoms. The van der Waals surface area contributed by atoms with Gasteiger partial charge < -0.3 is 9.47 Å². The number of hydrogen-bond donors (Lipinski definition) is 0. The quantitative estimate of drug-likeness (QED) is 0.493. The molecule has 0 fully saturated rings. The maximum absolute atomic E-state index is 5.49. The fourth-order valence-electron chi connectivity index (χ4n) is 1.19. The monoisotopic (exact) mass is 220 g/mol. The maximum Gasteiger partial charge on any atom is 0.119 e. The smallest absolute Gasteiger partial charge is 0.119 e. The van der Waals surface area contributed by atoms with Gasteiger partial charge in [-0.15, -0.1) is 0 Å². The molecule has 0 bridgehead atoms. The highest BCUT2D eigenvalue weighted by Crippen LogP contribution is 2.07. The summed E-state index contributed by atoms with van der Waals surface area (Å²) in [6, 6.07) is 9.81. The third-order valence-electron chi connectivity index (χ3n) is 2.11. The third kappa shape index (κ3) is 6.25. The van der Waals surface area contributed by atoms with E-state index in [1.54, 1.807) is 0 Å². The topological polar surface area (TPSA) is 18.5 Å². The first-order valence-electron chi connectivity index (χ1n) is 5.84. The largest absolute Gasteiger partial charge is 0.490 e. The molecule has 0 spiro atoms. The molecule has 0 heterocycles. The highest BCUT2D eigenvalue weighted by atomic mass is 16.5. The summed E-state index contributed by atoms with van der Waals surface area (Å²) in [5, 5.41) is 0. The highest BCUT2D eigenvalue weighted by molar-refractivity contribution is 5.21. The van der Waals surface area contributed by atoms with Crippen LogP contribution in [0.25, 0.3) is 0 Å². The van der Waals surface area contributed by atoms with Crippen LogP contribution in [0, 0.1) is 0 Å².